The van der Waals surface area contributed by atoms with E-state index in [0.29, 0.717) is 11.0 Å². The first-order chi connectivity index (χ1) is 8.24. The van der Waals surface area contributed by atoms with Crippen LogP contribution >= 0.6 is 11.8 Å². The summed E-state index contributed by atoms with van der Waals surface area (Å²) in [4.78, 5) is 16.3. The van der Waals surface area contributed by atoms with Crippen LogP contribution in [-0.2, 0) is 13.6 Å². The van der Waals surface area contributed by atoms with Crippen molar-refractivity contribution in [3.8, 4) is 0 Å². The second kappa shape index (κ2) is 5.35. The van der Waals surface area contributed by atoms with Gasteiger partial charge in [-0.3, -0.25) is 14.0 Å². The number of hydrogen-bond donors (Lipinski definition) is 0. The topological polar surface area (TPSA) is 52.7 Å². The predicted octanol–water partition coefficient (Wildman–Crippen LogP) is 1.27. The van der Waals surface area contributed by atoms with E-state index < -0.39 is 0 Å². The first-order valence-electron chi connectivity index (χ1n) is 5.69. The van der Waals surface area contributed by atoms with Crippen LogP contribution in [0, 0.1) is 0 Å². The highest BCUT2D eigenvalue weighted by molar-refractivity contribution is 7.99. The van der Waals surface area contributed by atoms with Crippen molar-refractivity contribution in [1.29, 1.82) is 0 Å². The van der Waals surface area contributed by atoms with Crippen LogP contribution in [0.3, 0.4) is 0 Å². The lowest BCUT2D eigenvalue weighted by Crippen LogP contribution is -2.20. The Morgan fingerprint density at radius 3 is 3.06 bits per heavy atom. The summed E-state index contributed by atoms with van der Waals surface area (Å²) in [6.07, 6.45) is 4.19. The third kappa shape index (κ3) is 2.52. The number of thioether (sulfide) groups is 1. The molecule has 6 heteroatoms. The molecule has 0 aliphatic heterocycles. The Morgan fingerprint density at radius 2 is 2.29 bits per heavy atom. The van der Waals surface area contributed by atoms with E-state index in [1.807, 2.05) is 11.8 Å². The van der Waals surface area contributed by atoms with Crippen LogP contribution in [0.5, 0.6) is 0 Å². The highest BCUT2D eigenvalue weighted by Gasteiger charge is 2.07. The van der Waals surface area contributed by atoms with Crippen molar-refractivity contribution in [2.24, 2.45) is 7.05 Å². The summed E-state index contributed by atoms with van der Waals surface area (Å²) in [6, 6.07) is 0. The van der Waals surface area contributed by atoms with E-state index in [4.69, 9.17) is 0 Å². The fourth-order valence-electron chi connectivity index (χ4n) is 1.71. The maximum absolute atomic E-state index is 12.1. The maximum Gasteiger partial charge on any atom is 0.264 e. The van der Waals surface area contributed by atoms with E-state index in [9.17, 15) is 4.79 Å². The SMILES string of the molecule is CCSCCCn1cnc2c(cnn2C)c1=O. The maximum atomic E-state index is 12.1. The molecule has 0 radical (unpaired) electrons. The van der Waals surface area contributed by atoms with E-state index in [1.54, 1.807) is 28.8 Å². The molecule has 0 aromatic carbocycles. The number of fused-ring (bicyclic) bond motifs is 1. The summed E-state index contributed by atoms with van der Waals surface area (Å²) in [5, 5.41) is 4.64. The summed E-state index contributed by atoms with van der Waals surface area (Å²) in [6.45, 7) is 2.86. The smallest absolute Gasteiger partial charge is 0.264 e. The van der Waals surface area contributed by atoms with Crippen molar-refractivity contribution >= 4 is 22.8 Å². The first kappa shape index (κ1) is 12.2. The Hall–Kier alpha value is -1.30. The molecule has 0 aliphatic rings. The van der Waals surface area contributed by atoms with Crippen LogP contribution in [-0.4, -0.2) is 30.8 Å². The average Bonchev–Trinajstić information content (AvgIpc) is 2.70. The quantitative estimate of drug-likeness (QED) is 0.752. The van der Waals surface area contributed by atoms with Gasteiger partial charge in [0.2, 0.25) is 0 Å². The minimum atomic E-state index is 0.00426. The summed E-state index contributed by atoms with van der Waals surface area (Å²) in [7, 11) is 1.79. The molecule has 5 nitrogen and oxygen atoms in total. The van der Waals surface area contributed by atoms with E-state index in [-0.39, 0.29) is 5.56 Å². The van der Waals surface area contributed by atoms with Crippen LogP contribution in [0.15, 0.2) is 17.3 Å². The molecular weight excluding hydrogens is 236 g/mol. The fraction of sp³-hybridized carbons (Fsp3) is 0.545. The highest BCUT2D eigenvalue weighted by Crippen LogP contribution is 2.05. The monoisotopic (exact) mass is 252 g/mol. The zero-order valence-corrected chi connectivity index (χ0v) is 10.9. The van der Waals surface area contributed by atoms with Crippen LogP contribution in [0.1, 0.15) is 13.3 Å². The fourth-order valence-corrected chi connectivity index (χ4v) is 2.33. The van der Waals surface area contributed by atoms with Crippen LogP contribution in [0.2, 0.25) is 0 Å². The van der Waals surface area contributed by atoms with Gasteiger partial charge in [-0.15, -0.1) is 0 Å². The minimum absolute atomic E-state index is 0.00426. The van der Waals surface area contributed by atoms with Gasteiger partial charge in [0.15, 0.2) is 5.65 Å². The molecule has 0 spiro atoms. The van der Waals surface area contributed by atoms with E-state index in [2.05, 4.69) is 17.0 Å². The van der Waals surface area contributed by atoms with Crippen molar-refractivity contribution in [2.75, 3.05) is 11.5 Å². The molecule has 0 aliphatic carbocycles. The summed E-state index contributed by atoms with van der Waals surface area (Å²) >= 11 is 1.89. The lowest BCUT2D eigenvalue weighted by atomic mass is 10.4. The Labute approximate surface area is 104 Å². The van der Waals surface area contributed by atoms with Crippen LogP contribution in [0.4, 0.5) is 0 Å². The molecule has 2 aromatic rings. The zero-order chi connectivity index (χ0) is 12.3. The molecule has 0 atom stereocenters. The molecule has 0 amide bonds. The molecule has 2 heterocycles. The van der Waals surface area contributed by atoms with Crippen LogP contribution in [0.25, 0.3) is 11.0 Å². The molecule has 0 N–H and O–H groups in total. The van der Waals surface area contributed by atoms with Crippen molar-refractivity contribution in [1.82, 2.24) is 19.3 Å². The normalized spacial score (nSPS) is 11.2. The summed E-state index contributed by atoms with van der Waals surface area (Å²) in [5.74, 6) is 2.20. The van der Waals surface area contributed by atoms with Crippen molar-refractivity contribution in [2.45, 2.75) is 19.9 Å². The molecule has 0 saturated heterocycles. The number of aryl methyl sites for hydroxylation is 2. The van der Waals surface area contributed by atoms with E-state index in [0.717, 1.165) is 24.5 Å². The largest absolute Gasteiger partial charge is 0.299 e. The van der Waals surface area contributed by atoms with Gasteiger partial charge < -0.3 is 0 Å². The van der Waals surface area contributed by atoms with Gasteiger partial charge in [-0.25, -0.2) is 4.98 Å². The second-order valence-electron chi connectivity index (χ2n) is 3.80. The number of aromatic nitrogens is 4. The summed E-state index contributed by atoms with van der Waals surface area (Å²) in [5.41, 5.74) is 0.652. The third-order valence-corrected chi connectivity index (χ3v) is 3.60. The Kier molecular flexibility index (Phi) is 3.83. The van der Waals surface area contributed by atoms with Gasteiger partial charge in [-0.1, -0.05) is 6.92 Å². The molecule has 0 saturated carbocycles. The Balaban J connectivity index is 2.18. The first-order valence-corrected chi connectivity index (χ1v) is 6.84. The van der Waals surface area contributed by atoms with Gasteiger partial charge in [0.05, 0.1) is 12.5 Å². The average molecular weight is 252 g/mol. The van der Waals surface area contributed by atoms with Gasteiger partial charge in [-0.05, 0) is 17.9 Å². The van der Waals surface area contributed by atoms with Crippen LogP contribution < -0.4 is 5.56 Å². The van der Waals surface area contributed by atoms with Gasteiger partial charge in [0.25, 0.3) is 5.56 Å². The molecule has 2 aromatic heterocycles. The molecule has 2 rings (SSSR count). The standard InChI is InChI=1S/C11H16N4OS/c1-3-17-6-4-5-15-8-12-10-9(11(15)16)7-13-14(10)2/h7-8H,3-6H2,1-2H3. The second-order valence-corrected chi connectivity index (χ2v) is 5.19. The molecule has 0 bridgehead atoms. The van der Waals surface area contributed by atoms with Gasteiger partial charge in [0, 0.05) is 13.6 Å². The summed E-state index contributed by atoms with van der Waals surface area (Å²) < 4.78 is 3.29. The van der Waals surface area contributed by atoms with Gasteiger partial charge in [-0.2, -0.15) is 16.9 Å². The zero-order valence-electron chi connectivity index (χ0n) is 10.1. The molecule has 0 unspecified atom stereocenters. The highest BCUT2D eigenvalue weighted by atomic mass is 32.2. The lowest BCUT2D eigenvalue weighted by molar-refractivity contribution is 0.650. The minimum Gasteiger partial charge on any atom is -0.299 e. The molecule has 0 fully saturated rings. The van der Waals surface area contributed by atoms with E-state index in [1.165, 1.54) is 0 Å². The molecule has 17 heavy (non-hydrogen) atoms. The number of nitrogens with zero attached hydrogens (tertiary/aromatic N) is 4. The van der Waals surface area contributed by atoms with Gasteiger partial charge >= 0.3 is 0 Å². The number of hydrogen-bond acceptors (Lipinski definition) is 4. The third-order valence-electron chi connectivity index (χ3n) is 2.61. The van der Waals surface area contributed by atoms with E-state index >= 15 is 0 Å². The van der Waals surface area contributed by atoms with Crippen molar-refractivity contribution in [3.63, 3.8) is 0 Å². The van der Waals surface area contributed by atoms with Crippen molar-refractivity contribution in [3.05, 3.63) is 22.9 Å². The lowest BCUT2D eigenvalue weighted by Gasteiger charge is -2.04. The Morgan fingerprint density at radius 1 is 1.47 bits per heavy atom. The predicted molar refractivity (Wildman–Crippen MR) is 70.4 cm³/mol. The number of rotatable bonds is 5. The molecular formula is C11H16N4OS. The molecule has 92 valence electrons. The van der Waals surface area contributed by atoms with Gasteiger partial charge in [0.1, 0.15) is 5.39 Å². The Bertz CT molecular complexity index is 560. The van der Waals surface area contributed by atoms with Crippen molar-refractivity contribution < 1.29 is 0 Å².